The van der Waals surface area contributed by atoms with Crippen LogP contribution in [0.3, 0.4) is 0 Å². The maximum absolute atomic E-state index is 0. The molecule has 4 heteroatoms. The van der Waals surface area contributed by atoms with E-state index in [1.54, 1.807) is 0 Å². The van der Waals surface area contributed by atoms with Crippen LogP contribution in [0.2, 0.25) is 0 Å². The summed E-state index contributed by atoms with van der Waals surface area (Å²) in [5, 5.41) is 0. The van der Waals surface area contributed by atoms with Gasteiger partial charge in [-0.1, -0.05) is 0 Å². The molecule has 0 saturated carbocycles. The van der Waals surface area contributed by atoms with Gasteiger partial charge in [0.05, 0.1) is 0 Å². The Morgan fingerprint density at radius 2 is 1.00 bits per heavy atom. The minimum absolute atomic E-state index is 0. The van der Waals surface area contributed by atoms with E-state index >= 15 is 0 Å². The van der Waals surface area contributed by atoms with Crippen molar-refractivity contribution < 1.29 is 33.8 Å². The van der Waals surface area contributed by atoms with Gasteiger partial charge in [0, 0.05) is 33.8 Å². The molecule has 0 aromatic heterocycles. The summed E-state index contributed by atoms with van der Waals surface area (Å²) in [4.78, 5) is 0. The van der Waals surface area contributed by atoms with Crippen molar-refractivity contribution in [1.29, 1.82) is 0 Å². The molecule has 1 radical (unpaired) electrons. The summed E-state index contributed by atoms with van der Waals surface area (Å²) in [6, 6.07) is 0. The molecule has 0 fully saturated rings. The van der Waals surface area contributed by atoms with Gasteiger partial charge >= 0.3 is 50.1 Å². The van der Waals surface area contributed by atoms with Crippen molar-refractivity contribution in [2.24, 2.45) is 0 Å². The quantitative estimate of drug-likeness (QED) is 0.355. The molecule has 0 aromatic rings. The van der Waals surface area contributed by atoms with Crippen LogP contribution in [0.5, 0.6) is 0 Å². The Balaban J connectivity index is 0. The molecule has 0 heterocycles. The SMILES string of the molecule is [BiH3].[Co].[Fe].[SnH4]. The number of hydrogen-bond acceptors (Lipinski definition) is 0. The monoisotopic (exact) mass is 451 g/mol. The first-order valence-electron chi connectivity index (χ1n) is 0. The predicted octanol–water partition coefficient (Wildman–Crippen LogP) is -2.64. The van der Waals surface area contributed by atoms with Gasteiger partial charge in [-0.3, -0.25) is 0 Å². The van der Waals surface area contributed by atoms with Gasteiger partial charge in [-0.05, 0) is 0 Å². The Morgan fingerprint density at radius 3 is 1.00 bits per heavy atom. The molecule has 0 rings (SSSR count). The van der Waals surface area contributed by atoms with E-state index in [9.17, 15) is 0 Å². The minimum atomic E-state index is 0. The molecular formula is H7BiCoFeSn. The average Bonchev–Trinajstić information content (AvgIpc) is 0. The fourth-order valence-electron chi connectivity index (χ4n) is 0. The van der Waals surface area contributed by atoms with E-state index in [1.165, 1.54) is 0 Å². The average molecular weight is 450 g/mol. The van der Waals surface area contributed by atoms with Gasteiger partial charge in [0.25, 0.3) is 0 Å². The zero-order valence-electron chi connectivity index (χ0n) is 1.39. The van der Waals surface area contributed by atoms with Crippen molar-refractivity contribution in [2.75, 3.05) is 0 Å². The first-order valence-corrected chi connectivity index (χ1v) is 0. The molecule has 0 aliphatic carbocycles. The fourth-order valence-corrected chi connectivity index (χ4v) is 0. The molecule has 33 valence electrons. The van der Waals surface area contributed by atoms with Crippen molar-refractivity contribution >= 4 is 50.1 Å². The van der Waals surface area contributed by atoms with Gasteiger partial charge < -0.3 is 0 Å². The third-order valence-electron chi connectivity index (χ3n) is 0. The zero-order valence-corrected chi connectivity index (χ0v) is 9.04. The standard InChI is InChI=1S/Bi.Co.Fe.Sn.7H. The van der Waals surface area contributed by atoms with E-state index in [2.05, 4.69) is 0 Å². The van der Waals surface area contributed by atoms with Crippen LogP contribution in [0.4, 0.5) is 0 Å². The normalized spacial score (nSPS) is 0. The molecule has 0 unspecified atom stereocenters. The van der Waals surface area contributed by atoms with Crippen molar-refractivity contribution in [3.8, 4) is 0 Å². The van der Waals surface area contributed by atoms with Crippen LogP contribution in [0.1, 0.15) is 0 Å². The van der Waals surface area contributed by atoms with Crippen LogP contribution in [0.25, 0.3) is 0 Å². The third kappa shape index (κ3) is 8.83. The zero-order chi connectivity index (χ0) is 0. The van der Waals surface area contributed by atoms with E-state index in [0.717, 1.165) is 0 Å². The van der Waals surface area contributed by atoms with Crippen LogP contribution >= 0.6 is 0 Å². The topological polar surface area (TPSA) is 0 Å². The van der Waals surface area contributed by atoms with Crippen molar-refractivity contribution in [3.05, 3.63) is 0 Å². The molecule has 0 aromatic carbocycles. The Labute approximate surface area is 82.6 Å². The Kier molecular flexibility index (Phi) is 129. The summed E-state index contributed by atoms with van der Waals surface area (Å²) in [6.07, 6.45) is 0. The van der Waals surface area contributed by atoms with Crippen LogP contribution in [-0.2, 0) is 33.8 Å². The number of hydrogen-bond donors (Lipinski definition) is 0. The number of rotatable bonds is 0. The van der Waals surface area contributed by atoms with Crippen LogP contribution in [0.15, 0.2) is 0 Å². The molecule has 0 atom stereocenters. The Bertz CT molecular complexity index is 8.00. The molecule has 0 aliphatic heterocycles. The van der Waals surface area contributed by atoms with E-state index in [1.807, 2.05) is 0 Å². The molecule has 0 spiro atoms. The predicted molar refractivity (Wildman–Crippen MR) is 21.3 cm³/mol. The van der Waals surface area contributed by atoms with Crippen molar-refractivity contribution in [3.63, 3.8) is 0 Å². The summed E-state index contributed by atoms with van der Waals surface area (Å²) < 4.78 is 0. The van der Waals surface area contributed by atoms with Gasteiger partial charge in [0.2, 0.25) is 0 Å². The Hall–Kier alpha value is 2.71. The summed E-state index contributed by atoms with van der Waals surface area (Å²) in [7, 11) is 0. The van der Waals surface area contributed by atoms with Gasteiger partial charge in [0.15, 0.2) is 0 Å². The van der Waals surface area contributed by atoms with Crippen LogP contribution in [0, 0.1) is 0 Å². The summed E-state index contributed by atoms with van der Waals surface area (Å²) >= 11 is 0. The van der Waals surface area contributed by atoms with Gasteiger partial charge in [-0.2, -0.15) is 0 Å². The van der Waals surface area contributed by atoms with E-state index < -0.39 is 0 Å². The Morgan fingerprint density at radius 1 is 1.00 bits per heavy atom. The second-order valence-electron chi connectivity index (χ2n) is 0. The van der Waals surface area contributed by atoms with Crippen molar-refractivity contribution in [1.82, 2.24) is 0 Å². The maximum atomic E-state index is 0. The van der Waals surface area contributed by atoms with Gasteiger partial charge in [-0.15, -0.1) is 0 Å². The second-order valence-corrected chi connectivity index (χ2v) is 0. The summed E-state index contributed by atoms with van der Waals surface area (Å²) in [5.74, 6) is 0. The first-order chi connectivity index (χ1) is 0. The van der Waals surface area contributed by atoms with Crippen LogP contribution in [-0.4, -0.2) is 50.1 Å². The molecule has 4 heavy (non-hydrogen) atoms. The van der Waals surface area contributed by atoms with Gasteiger partial charge in [-0.25, -0.2) is 0 Å². The second kappa shape index (κ2) is 17.3. The first kappa shape index (κ1) is 29.8. The molecule has 0 nitrogen and oxygen atoms in total. The molecule has 0 N–H and O–H groups in total. The van der Waals surface area contributed by atoms with Crippen LogP contribution < -0.4 is 0 Å². The molecule has 0 saturated heterocycles. The van der Waals surface area contributed by atoms with Gasteiger partial charge in [0.1, 0.15) is 0 Å². The molecule has 0 amide bonds. The summed E-state index contributed by atoms with van der Waals surface area (Å²) in [5.41, 5.74) is 0. The third-order valence-corrected chi connectivity index (χ3v) is 0. The molecule has 0 bridgehead atoms. The fraction of sp³-hybridized carbons (Fsp3) is 0. The molecule has 0 aliphatic rings. The van der Waals surface area contributed by atoms with Crippen molar-refractivity contribution in [2.45, 2.75) is 0 Å². The summed E-state index contributed by atoms with van der Waals surface area (Å²) in [6.45, 7) is 0. The van der Waals surface area contributed by atoms with E-state index in [0.29, 0.717) is 0 Å². The van der Waals surface area contributed by atoms with E-state index in [-0.39, 0.29) is 84.0 Å². The molecular weight excluding hydrogens is 442 g/mol. The van der Waals surface area contributed by atoms with E-state index in [4.69, 9.17) is 0 Å².